The Hall–Kier alpha value is -2.86. The van der Waals surface area contributed by atoms with E-state index in [1.165, 1.54) is 30.5 Å². The maximum absolute atomic E-state index is 13.0. The predicted molar refractivity (Wildman–Crippen MR) is 95.5 cm³/mol. The van der Waals surface area contributed by atoms with Gasteiger partial charge in [-0.15, -0.1) is 0 Å². The normalized spacial score (nSPS) is 11.7. The summed E-state index contributed by atoms with van der Waals surface area (Å²) < 4.78 is 13.8. The third-order valence-electron chi connectivity index (χ3n) is 3.48. The average Bonchev–Trinajstić information content (AvgIpc) is 2.63. The molecule has 0 saturated carbocycles. The highest BCUT2D eigenvalue weighted by Gasteiger charge is 2.25. The summed E-state index contributed by atoms with van der Waals surface area (Å²) in [4.78, 5) is 12.8. The van der Waals surface area contributed by atoms with Gasteiger partial charge in [0, 0.05) is 17.8 Å². The second-order valence-corrected chi connectivity index (χ2v) is 6.39. The molecule has 4 nitrogen and oxygen atoms in total. The Bertz CT molecular complexity index is 857. The number of nitrogens with one attached hydrogen (secondary N) is 1. The number of hydrogen-bond donors (Lipinski definition) is 1. The molecule has 0 spiro atoms. The topological polar surface area (TPSA) is 56.0 Å². The number of halogens is 1. The number of amides is 1. The maximum atomic E-state index is 13.0. The van der Waals surface area contributed by atoms with Gasteiger partial charge in [0.1, 0.15) is 11.1 Å². The zero-order valence-corrected chi connectivity index (χ0v) is 13.9. The van der Waals surface area contributed by atoms with E-state index < -0.39 is 5.25 Å². The summed E-state index contributed by atoms with van der Waals surface area (Å²) in [5.74, 6) is -0.657. The molecule has 1 aromatic heterocycles. The average molecular weight is 354 g/mol. The number of thioether (sulfide) groups is 1. The van der Waals surface area contributed by atoms with Crippen LogP contribution in [0, 0.1) is 11.0 Å². The maximum Gasteiger partial charge on any atom is 0.252 e. The molecular weight excluding hydrogens is 339 g/mol. The Morgan fingerprint density at radius 2 is 1.68 bits per heavy atom. The lowest BCUT2D eigenvalue weighted by Crippen LogP contribution is -2.29. The molecule has 0 bridgehead atoms. The second-order valence-electron chi connectivity index (χ2n) is 5.27. The summed E-state index contributed by atoms with van der Waals surface area (Å²) in [5.41, 5.74) is 1.27. The lowest BCUT2D eigenvalue weighted by molar-refractivity contribution is -0.645. The van der Waals surface area contributed by atoms with E-state index in [1.807, 2.05) is 30.3 Å². The molecule has 25 heavy (non-hydrogen) atoms. The van der Waals surface area contributed by atoms with Crippen LogP contribution in [-0.4, -0.2) is 5.91 Å². The molecule has 1 atom stereocenters. The van der Waals surface area contributed by atoms with E-state index >= 15 is 0 Å². The van der Waals surface area contributed by atoms with Crippen LogP contribution in [0.25, 0.3) is 0 Å². The molecule has 0 fully saturated rings. The molecular formula is C19H15FN2O2S. The van der Waals surface area contributed by atoms with Crippen molar-refractivity contribution in [2.24, 2.45) is 0 Å². The van der Waals surface area contributed by atoms with Crippen LogP contribution >= 0.6 is 11.8 Å². The molecule has 0 radical (unpaired) electrons. The van der Waals surface area contributed by atoms with Crippen molar-refractivity contribution in [1.82, 2.24) is 0 Å². The van der Waals surface area contributed by atoms with E-state index in [1.54, 1.807) is 18.2 Å². The summed E-state index contributed by atoms with van der Waals surface area (Å²) in [6, 6.07) is 19.8. The van der Waals surface area contributed by atoms with Crippen molar-refractivity contribution in [2.75, 3.05) is 5.32 Å². The lowest BCUT2D eigenvalue weighted by atomic mass is 10.1. The van der Waals surface area contributed by atoms with Crippen LogP contribution in [0.4, 0.5) is 10.1 Å². The van der Waals surface area contributed by atoms with E-state index in [0.717, 1.165) is 22.1 Å². The summed E-state index contributed by atoms with van der Waals surface area (Å²) >= 11 is 1.16. The fraction of sp³-hybridized carbons (Fsp3) is 0.0526. The van der Waals surface area contributed by atoms with E-state index in [0.29, 0.717) is 10.7 Å². The molecule has 3 rings (SSSR count). The molecule has 0 saturated heterocycles. The van der Waals surface area contributed by atoms with Gasteiger partial charge in [-0.2, -0.15) is 4.73 Å². The fourth-order valence-corrected chi connectivity index (χ4v) is 3.29. The number of rotatable bonds is 5. The Morgan fingerprint density at radius 3 is 2.36 bits per heavy atom. The molecule has 0 aliphatic heterocycles. The van der Waals surface area contributed by atoms with Crippen LogP contribution in [0.5, 0.6) is 0 Å². The second kappa shape index (κ2) is 7.81. The standard InChI is InChI=1S/C19H15FN2O2S/c20-15-9-11-16(12-10-15)21-19(23)18(14-6-2-1-3-7-14)25-17-8-4-5-13-22(17)24/h1-13,18H,(H,21,23). The Balaban J connectivity index is 1.87. The highest BCUT2D eigenvalue weighted by molar-refractivity contribution is 8.00. The Labute approximate surface area is 148 Å². The smallest absolute Gasteiger partial charge is 0.252 e. The largest absolute Gasteiger partial charge is 0.618 e. The number of carbonyl (C=O) groups excluding carboxylic acids is 1. The summed E-state index contributed by atoms with van der Waals surface area (Å²) in [5, 5.41) is 14.5. The molecule has 1 heterocycles. The molecule has 1 unspecified atom stereocenters. The van der Waals surface area contributed by atoms with Crippen LogP contribution in [0.3, 0.4) is 0 Å². The molecule has 126 valence electrons. The molecule has 1 N–H and O–H groups in total. The highest BCUT2D eigenvalue weighted by atomic mass is 32.2. The van der Waals surface area contributed by atoms with Crippen molar-refractivity contribution in [3.63, 3.8) is 0 Å². The molecule has 2 aromatic carbocycles. The number of aromatic nitrogens is 1. The van der Waals surface area contributed by atoms with Gasteiger partial charge >= 0.3 is 0 Å². The van der Waals surface area contributed by atoms with E-state index in [2.05, 4.69) is 5.32 Å². The molecule has 3 aromatic rings. The SMILES string of the molecule is O=C(Nc1ccc(F)cc1)C(Sc1cccc[n+]1[O-])c1ccccc1. The predicted octanol–water partition coefficient (Wildman–Crippen LogP) is 3.93. The van der Waals surface area contributed by atoms with E-state index in [4.69, 9.17) is 0 Å². The zero-order chi connectivity index (χ0) is 17.6. The van der Waals surface area contributed by atoms with Crippen LogP contribution in [-0.2, 0) is 4.79 Å². The molecule has 1 amide bonds. The monoisotopic (exact) mass is 354 g/mol. The zero-order valence-electron chi connectivity index (χ0n) is 13.1. The first-order chi connectivity index (χ1) is 12.1. The minimum atomic E-state index is -0.617. The van der Waals surface area contributed by atoms with Gasteiger partial charge in [0.2, 0.25) is 5.91 Å². The quantitative estimate of drug-likeness (QED) is 0.429. The van der Waals surface area contributed by atoms with Gasteiger partial charge in [0.25, 0.3) is 5.03 Å². The first-order valence-corrected chi connectivity index (χ1v) is 8.48. The van der Waals surface area contributed by atoms with E-state index in [-0.39, 0.29) is 11.7 Å². The van der Waals surface area contributed by atoms with Crippen LogP contribution < -0.4 is 10.0 Å². The molecule has 0 aliphatic rings. The van der Waals surface area contributed by atoms with Gasteiger partial charge in [-0.1, -0.05) is 30.3 Å². The number of pyridine rings is 1. The van der Waals surface area contributed by atoms with Gasteiger partial charge < -0.3 is 10.5 Å². The Morgan fingerprint density at radius 1 is 1.00 bits per heavy atom. The van der Waals surface area contributed by atoms with Crippen LogP contribution in [0.1, 0.15) is 10.8 Å². The first-order valence-electron chi connectivity index (χ1n) is 7.60. The summed E-state index contributed by atoms with van der Waals surface area (Å²) in [7, 11) is 0. The van der Waals surface area contributed by atoms with Crippen LogP contribution in [0.2, 0.25) is 0 Å². The van der Waals surface area contributed by atoms with Gasteiger partial charge in [0.15, 0.2) is 6.20 Å². The summed E-state index contributed by atoms with van der Waals surface area (Å²) in [6.45, 7) is 0. The number of hydrogen-bond acceptors (Lipinski definition) is 3. The highest BCUT2D eigenvalue weighted by Crippen LogP contribution is 2.34. The molecule has 0 aliphatic carbocycles. The fourth-order valence-electron chi connectivity index (χ4n) is 2.27. The number of carbonyl (C=O) groups is 1. The molecule has 6 heteroatoms. The van der Waals surface area contributed by atoms with Crippen molar-refractivity contribution in [2.45, 2.75) is 10.3 Å². The lowest BCUT2D eigenvalue weighted by Gasteiger charge is -2.16. The Kier molecular flexibility index (Phi) is 5.30. The van der Waals surface area contributed by atoms with Gasteiger partial charge in [-0.05, 0) is 47.7 Å². The number of nitrogens with zero attached hydrogens (tertiary/aromatic N) is 1. The van der Waals surface area contributed by atoms with Crippen molar-refractivity contribution in [1.29, 1.82) is 0 Å². The van der Waals surface area contributed by atoms with Gasteiger partial charge in [0.05, 0.1) is 0 Å². The van der Waals surface area contributed by atoms with Crippen molar-refractivity contribution >= 4 is 23.4 Å². The van der Waals surface area contributed by atoms with Crippen molar-refractivity contribution in [3.05, 3.63) is 95.6 Å². The van der Waals surface area contributed by atoms with Crippen molar-refractivity contribution < 1.29 is 13.9 Å². The van der Waals surface area contributed by atoms with Gasteiger partial charge in [-0.25, -0.2) is 4.39 Å². The van der Waals surface area contributed by atoms with Gasteiger partial charge in [-0.3, -0.25) is 4.79 Å². The summed E-state index contributed by atoms with van der Waals surface area (Å²) in [6.07, 6.45) is 1.39. The third kappa shape index (κ3) is 4.36. The minimum Gasteiger partial charge on any atom is -0.618 e. The minimum absolute atomic E-state index is 0.285. The third-order valence-corrected chi connectivity index (χ3v) is 4.76. The number of anilines is 1. The first kappa shape index (κ1) is 17.0. The number of benzene rings is 2. The van der Waals surface area contributed by atoms with E-state index in [9.17, 15) is 14.4 Å². The van der Waals surface area contributed by atoms with Crippen LogP contribution in [0.15, 0.2) is 84.0 Å². The van der Waals surface area contributed by atoms with Crippen molar-refractivity contribution in [3.8, 4) is 0 Å².